The molecular weight excluding hydrogens is 200 g/mol. The first-order valence-electron chi connectivity index (χ1n) is 4.57. The van der Waals surface area contributed by atoms with Gasteiger partial charge in [-0.1, -0.05) is 6.58 Å². The lowest BCUT2D eigenvalue weighted by Crippen LogP contribution is -2.21. The molecule has 15 heavy (non-hydrogen) atoms. The van der Waals surface area contributed by atoms with Crippen LogP contribution in [0.4, 0.5) is 0 Å². The Morgan fingerprint density at radius 2 is 1.60 bits per heavy atom. The monoisotopic (exact) mass is 214 g/mol. The van der Waals surface area contributed by atoms with Crippen molar-refractivity contribution in [2.24, 2.45) is 0 Å². The summed E-state index contributed by atoms with van der Waals surface area (Å²) in [5, 5.41) is 0. The molecule has 0 aromatic heterocycles. The van der Waals surface area contributed by atoms with Gasteiger partial charge in [-0.25, -0.2) is 4.79 Å². The minimum absolute atomic E-state index is 0.108. The molecular formula is C10H14O5. The molecule has 0 aliphatic heterocycles. The second kappa shape index (κ2) is 6.75. The van der Waals surface area contributed by atoms with Crippen LogP contribution in [-0.2, 0) is 23.9 Å². The van der Waals surface area contributed by atoms with Crippen molar-refractivity contribution in [2.75, 3.05) is 13.2 Å². The van der Waals surface area contributed by atoms with Crippen molar-refractivity contribution in [3.63, 3.8) is 0 Å². The van der Waals surface area contributed by atoms with E-state index in [0.29, 0.717) is 0 Å². The fraction of sp³-hybridized carbons (Fsp3) is 0.500. The van der Waals surface area contributed by atoms with Gasteiger partial charge in [0.2, 0.25) is 0 Å². The number of ether oxygens (including phenoxy) is 2. The molecule has 0 aromatic carbocycles. The van der Waals surface area contributed by atoms with Crippen molar-refractivity contribution in [1.82, 2.24) is 0 Å². The minimum atomic E-state index is -0.994. The van der Waals surface area contributed by atoms with Crippen molar-refractivity contribution in [1.29, 1.82) is 0 Å². The summed E-state index contributed by atoms with van der Waals surface area (Å²) in [7, 11) is 0. The van der Waals surface area contributed by atoms with Crippen LogP contribution in [0.3, 0.4) is 0 Å². The van der Waals surface area contributed by atoms with Gasteiger partial charge in [0.05, 0.1) is 19.6 Å². The third kappa shape index (κ3) is 4.95. The normalized spacial score (nSPS) is 9.20. The van der Waals surface area contributed by atoms with Crippen LogP contribution in [-0.4, -0.2) is 30.9 Å². The summed E-state index contributed by atoms with van der Waals surface area (Å²) < 4.78 is 9.06. The van der Waals surface area contributed by atoms with Crippen LogP contribution in [0, 0.1) is 0 Å². The van der Waals surface area contributed by atoms with Crippen molar-refractivity contribution in [2.45, 2.75) is 20.3 Å². The zero-order chi connectivity index (χ0) is 11.8. The number of hydrogen-bond acceptors (Lipinski definition) is 5. The average Bonchev–Trinajstić information content (AvgIpc) is 2.17. The van der Waals surface area contributed by atoms with Crippen LogP contribution in [0.1, 0.15) is 20.3 Å². The third-order valence-corrected chi connectivity index (χ3v) is 1.44. The summed E-state index contributed by atoms with van der Waals surface area (Å²) in [6, 6.07) is 0. The SMILES string of the molecule is C=C(CC(=O)OCC)C(=O)C(=O)OCC. The lowest BCUT2D eigenvalue weighted by Gasteiger charge is -2.03. The molecule has 0 unspecified atom stereocenters. The third-order valence-electron chi connectivity index (χ3n) is 1.44. The Labute approximate surface area is 88.0 Å². The Morgan fingerprint density at radius 1 is 1.07 bits per heavy atom. The molecule has 5 nitrogen and oxygen atoms in total. The molecule has 0 spiro atoms. The van der Waals surface area contributed by atoms with Crippen LogP contribution < -0.4 is 0 Å². The summed E-state index contributed by atoms with van der Waals surface area (Å²) in [4.78, 5) is 33.1. The fourth-order valence-corrected chi connectivity index (χ4v) is 0.808. The molecule has 0 saturated carbocycles. The maximum atomic E-state index is 11.2. The lowest BCUT2D eigenvalue weighted by atomic mass is 10.1. The smallest absolute Gasteiger partial charge is 0.379 e. The summed E-state index contributed by atoms with van der Waals surface area (Å²) in [5.74, 6) is -2.46. The summed E-state index contributed by atoms with van der Waals surface area (Å²) in [6.07, 6.45) is -0.286. The molecule has 0 atom stereocenters. The highest BCUT2D eigenvalue weighted by Crippen LogP contribution is 2.03. The summed E-state index contributed by atoms with van der Waals surface area (Å²) >= 11 is 0. The standard InChI is InChI=1S/C10H14O5/c1-4-14-8(11)6-7(3)9(12)10(13)15-5-2/h3-6H2,1-2H3. The van der Waals surface area contributed by atoms with Crippen LogP contribution >= 0.6 is 0 Å². The Kier molecular flexibility index (Phi) is 6.01. The van der Waals surface area contributed by atoms with Gasteiger partial charge >= 0.3 is 11.9 Å². The van der Waals surface area contributed by atoms with E-state index in [1.165, 1.54) is 0 Å². The van der Waals surface area contributed by atoms with E-state index in [1.54, 1.807) is 13.8 Å². The number of Topliss-reactive ketones (excluding diaryl/α,β-unsaturated/α-hetero) is 1. The molecule has 0 heterocycles. The van der Waals surface area contributed by atoms with E-state index in [-0.39, 0.29) is 25.2 Å². The second-order valence-electron chi connectivity index (χ2n) is 2.63. The molecule has 0 aliphatic carbocycles. The predicted octanol–water partition coefficient (Wildman–Crippen LogP) is 0.628. The Hall–Kier alpha value is -1.65. The Morgan fingerprint density at radius 3 is 2.07 bits per heavy atom. The van der Waals surface area contributed by atoms with Gasteiger partial charge in [0, 0.05) is 5.57 Å². The first-order chi connectivity index (χ1) is 7.02. The Balaban J connectivity index is 4.16. The summed E-state index contributed by atoms with van der Waals surface area (Å²) in [6.45, 7) is 6.89. The molecule has 0 bridgehead atoms. The van der Waals surface area contributed by atoms with Crippen molar-refractivity contribution >= 4 is 17.7 Å². The van der Waals surface area contributed by atoms with Crippen LogP contribution in [0.15, 0.2) is 12.2 Å². The van der Waals surface area contributed by atoms with E-state index in [0.717, 1.165) is 0 Å². The van der Waals surface area contributed by atoms with Crippen molar-refractivity contribution < 1.29 is 23.9 Å². The maximum absolute atomic E-state index is 11.2. The number of carbonyl (C=O) groups excluding carboxylic acids is 3. The first kappa shape index (κ1) is 13.4. The topological polar surface area (TPSA) is 69.7 Å². The molecule has 0 radical (unpaired) electrons. The molecule has 0 aliphatic rings. The number of ketones is 1. The maximum Gasteiger partial charge on any atom is 0.379 e. The van der Waals surface area contributed by atoms with Crippen LogP contribution in [0.5, 0.6) is 0 Å². The molecule has 5 heteroatoms. The zero-order valence-corrected chi connectivity index (χ0v) is 8.87. The number of hydrogen-bond donors (Lipinski definition) is 0. The molecule has 0 amide bonds. The van der Waals surface area contributed by atoms with Gasteiger partial charge in [0.15, 0.2) is 0 Å². The van der Waals surface area contributed by atoms with Gasteiger partial charge in [-0.15, -0.1) is 0 Å². The number of carbonyl (C=O) groups is 3. The lowest BCUT2D eigenvalue weighted by molar-refractivity contribution is -0.152. The van der Waals surface area contributed by atoms with E-state index in [1.807, 2.05) is 0 Å². The highest BCUT2D eigenvalue weighted by atomic mass is 16.5. The average molecular weight is 214 g/mol. The van der Waals surface area contributed by atoms with Crippen molar-refractivity contribution in [3.8, 4) is 0 Å². The number of esters is 2. The molecule has 0 fully saturated rings. The molecule has 0 N–H and O–H groups in total. The van der Waals surface area contributed by atoms with Gasteiger partial charge in [-0.3, -0.25) is 9.59 Å². The van der Waals surface area contributed by atoms with E-state index in [4.69, 9.17) is 0 Å². The van der Waals surface area contributed by atoms with Crippen LogP contribution in [0.25, 0.3) is 0 Å². The van der Waals surface area contributed by atoms with E-state index in [9.17, 15) is 14.4 Å². The fourth-order valence-electron chi connectivity index (χ4n) is 0.808. The highest BCUT2D eigenvalue weighted by molar-refractivity contribution is 6.40. The van der Waals surface area contributed by atoms with Gasteiger partial charge in [-0.05, 0) is 13.8 Å². The van der Waals surface area contributed by atoms with Gasteiger partial charge in [0.25, 0.3) is 5.78 Å². The zero-order valence-electron chi connectivity index (χ0n) is 8.87. The van der Waals surface area contributed by atoms with Gasteiger partial charge < -0.3 is 9.47 Å². The van der Waals surface area contributed by atoms with Crippen LogP contribution in [0.2, 0.25) is 0 Å². The summed E-state index contributed by atoms with van der Waals surface area (Å²) in [5.41, 5.74) is -0.119. The molecule has 84 valence electrons. The van der Waals surface area contributed by atoms with E-state index >= 15 is 0 Å². The predicted molar refractivity (Wildman–Crippen MR) is 52.0 cm³/mol. The number of rotatable bonds is 6. The highest BCUT2D eigenvalue weighted by Gasteiger charge is 2.20. The van der Waals surface area contributed by atoms with Gasteiger partial charge in [-0.2, -0.15) is 0 Å². The second-order valence-corrected chi connectivity index (χ2v) is 2.63. The minimum Gasteiger partial charge on any atom is -0.466 e. The van der Waals surface area contributed by atoms with E-state index in [2.05, 4.69) is 16.1 Å². The van der Waals surface area contributed by atoms with Crippen molar-refractivity contribution in [3.05, 3.63) is 12.2 Å². The quantitative estimate of drug-likeness (QED) is 0.368. The Bertz CT molecular complexity index is 280. The van der Waals surface area contributed by atoms with E-state index < -0.39 is 17.7 Å². The largest absolute Gasteiger partial charge is 0.466 e. The first-order valence-corrected chi connectivity index (χ1v) is 4.57. The molecule has 0 aromatic rings. The van der Waals surface area contributed by atoms with Gasteiger partial charge in [0.1, 0.15) is 0 Å². The molecule has 0 saturated heterocycles. The molecule has 0 rings (SSSR count).